The minimum atomic E-state index is -6.07. The molecule has 2 fully saturated rings. The largest absolute Gasteiger partial charge is 0.501 e. The Balaban J connectivity index is 1.04. The molecule has 4 aromatic rings. The third-order valence-corrected chi connectivity index (χ3v) is 16.9. The second kappa shape index (κ2) is 21.7. The Kier molecular flexibility index (Phi) is 16.4. The molecule has 7 rings (SSSR count). The third kappa shape index (κ3) is 12.9. The van der Waals surface area contributed by atoms with Gasteiger partial charge in [0.1, 0.15) is 4.90 Å². The van der Waals surface area contributed by atoms with Crippen LogP contribution in [0.1, 0.15) is 55.5 Å². The maximum Gasteiger partial charge on any atom is 0.501 e. The number of carbonyl (C=O) groups is 1. The minimum Gasteiger partial charge on any atom is -0.394 e. The molecular weight excluding hydrogens is 945 g/mol. The van der Waals surface area contributed by atoms with Gasteiger partial charge in [-0.3, -0.25) is 9.69 Å². The number of piperazine rings is 2. The van der Waals surface area contributed by atoms with Crippen LogP contribution >= 0.6 is 23.4 Å². The predicted molar refractivity (Wildman–Crippen MR) is 260 cm³/mol. The maximum absolute atomic E-state index is 14.2. The van der Waals surface area contributed by atoms with Crippen LogP contribution in [0.4, 0.5) is 24.5 Å². The number of carbonyl (C=O) groups excluding carboxylic acids is 1. The van der Waals surface area contributed by atoms with E-state index in [0.29, 0.717) is 55.1 Å². The van der Waals surface area contributed by atoms with E-state index in [9.17, 15) is 39.9 Å². The monoisotopic (exact) mass is 1000 g/mol. The Morgan fingerprint density at radius 3 is 2.30 bits per heavy atom. The fourth-order valence-corrected chi connectivity index (χ4v) is 12.1. The van der Waals surface area contributed by atoms with E-state index in [1.807, 2.05) is 52.1 Å². The van der Waals surface area contributed by atoms with Crippen molar-refractivity contribution in [3.63, 3.8) is 0 Å². The number of sulfonamides is 1. The van der Waals surface area contributed by atoms with Crippen molar-refractivity contribution in [2.45, 2.75) is 71.8 Å². The number of hydrogen-bond acceptors (Lipinski definition) is 12. The Bertz CT molecular complexity index is 2600. The first-order valence-corrected chi connectivity index (χ1v) is 26.7. The molecule has 2 saturated heterocycles. The van der Waals surface area contributed by atoms with Crippen LogP contribution in [0.3, 0.4) is 0 Å². The number of alkyl halides is 3. The van der Waals surface area contributed by atoms with Crippen molar-refractivity contribution in [3.05, 3.63) is 119 Å². The molecule has 3 aliphatic rings. The van der Waals surface area contributed by atoms with Gasteiger partial charge < -0.3 is 25.5 Å². The predicted octanol–water partition coefficient (Wildman–Crippen LogP) is 7.77. The summed E-state index contributed by atoms with van der Waals surface area (Å²) in [6.45, 7) is 10.8. The second-order valence-electron chi connectivity index (χ2n) is 18.1. The number of anilines is 2. The molecule has 67 heavy (non-hydrogen) atoms. The quantitative estimate of drug-likeness (QED) is 0.0766. The highest BCUT2D eigenvalue weighted by Crippen LogP contribution is 2.43. The number of aliphatic hydroxyl groups is 1. The standard InChI is InChI=1S/C48H58ClF3N6O6S3/c1-47(2)20-18-43(34-8-12-37(49)13-9-34)36(29-47)30-57-26-27-58(40(31-57)32-59)39-14-10-35(11-15-39)46(60)55-67(63,64)42-16-17-44(45(28-42)66(61,62)48(50,51)52)54-38(19-23-56-24-21-53-22-25-56)33-65-41-6-4-3-5-7-41/h3-17,28,38,40,53-54,59H,18-27,29-33H2,1-2H3,(H,55,60)/t38-,40-/m1/s1. The van der Waals surface area contributed by atoms with Crippen LogP contribution in [0.25, 0.3) is 5.57 Å². The fraction of sp³-hybridized carbons (Fsp3) is 0.438. The van der Waals surface area contributed by atoms with Crippen LogP contribution < -0.4 is 20.3 Å². The molecule has 1 amide bonds. The molecule has 0 bridgehead atoms. The number of rotatable bonds is 17. The van der Waals surface area contributed by atoms with Gasteiger partial charge in [0.15, 0.2) is 0 Å². The van der Waals surface area contributed by atoms with Crippen molar-refractivity contribution < 1.29 is 39.9 Å². The summed E-state index contributed by atoms with van der Waals surface area (Å²) in [7, 11) is -10.9. The number of amides is 1. The molecule has 2 heterocycles. The zero-order chi connectivity index (χ0) is 48.0. The summed E-state index contributed by atoms with van der Waals surface area (Å²) in [6.07, 6.45) is 3.46. The zero-order valence-corrected chi connectivity index (χ0v) is 40.8. The Morgan fingerprint density at radius 1 is 0.925 bits per heavy atom. The lowest BCUT2D eigenvalue weighted by molar-refractivity contribution is -0.0435. The molecule has 0 aromatic heterocycles. The summed E-state index contributed by atoms with van der Waals surface area (Å²) in [5, 5.41) is 17.5. The molecule has 2 atom stereocenters. The number of halogens is 4. The van der Waals surface area contributed by atoms with Gasteiger partial charge in [-0.15, -0.1) is 11.8 Å². The molecular formula is C48H58ClF3N6O6S3. The Hall–Kier alpha value is -4.14. The van der Waals surface area contributed by atoms with Gasteiger partial charge >= 0.3 is 5.51 Å². The molecule has 12 nitrogen and oxygen atoms in total. The Morgan fingerprint density at radius 2 is 1.63 bits per heavy atom. The number of aliphatic hydroxyl groups excluding tert-OH is 1. The molecule has 0 saturated carbocycles. The van der Waals surface area contributed by atoms with Gasteiger partial charge in [0.25, 0.3) is 25.8 Å². The number of nitrogens with one attached hydrogen (secondary N) is 3. The van der Waals surface area contributed by atoms with Crippen LogP contribution in [0.15, 0.2) is 117 Å². The van der Waals surface area contributed by atoms with Crippen molar-refractivity contribution >= 4 is 66.1 Å². The minimum absolute atomic E-state index is 0.0576. The number of benzene rings is 4. The molecule has 362 valence electrons. The van der Waals surface area contributed by atoms with Crippen LogP contribution in [0.5, 0.6) is 0 Å². The lowest BCUT2D eigenvalue weighted by atomic mass is 9.72. The van der Waals surface area contributed by atoms with Gasteiger partial charge in [-0.2, -0.15) is 13.2 Å². The summed E-state index contributed by atoms with van der Waals surface area (Å²) < 4.78 is 98.0. The van der Waals surface area contributed by atoms with E-state index in [1.54, 1.807) is 12.1 Å². The number of nitrogens with zero attached hydrogens (tertiary/aromatic N) is 3. The first kappa shape index (κ1) is 50.7. The summed E-state index contributed by atoms with van der Waals surface area (Å²) in [6, 6.07) is 25.1. The highest BCUT2D eigenvalue weighted by atomic mass is 35.5. The molecule has 4 N–H and O–H groups in total. The molecule has 1 aliphatic carbocycles. The molecule has 4 aromatic carbocycles. The van der Waals surface area contributed by atoms with Crippen molar-refractivity contribution in [2.24, 2.45) is 5.41 Å². The van der Waals surface area contributed by atoms with Crippen LogP contribution in [-0.4, -0.2) is 127 Å². The van der Waals surface area contributed by atoms with E-state index >= 15 is 0 Å². The molecule has 0 unspecified atom stereocenters. The molecule has 19 heteroatoms. The number of sulfone groups is 1. The van der Waals surface area contributed by atoms with E-state index in [2.05, 4.69) is 46.4 Å². The first-order valence-electron chi connectivity index (χ1n) is 22.4. The van der Waals surface area contributed by atoms with E-state index in [0.717, 1.165) is 69.0 Å². The lowest BCUT2D eigenvalue weighted by Gasteiger charge is -2.43. The number of allylic oxidation sites excluding steroid dienone is 1. The SMILES string of the molecule is CC1(C)CCC(c2ccc(Cl)cc2)=C(CN2CCN(c3ccc(C(=O)NS(=O)(=O)c4ccc(N[C@H](CCN5CCNCC5)CSc5ccccc5)c(S(=O)(=O)C(F)(F)F)c4)cc3)[C@@H](CO)C2)C1. The highest BCUT2D eigenvalue weighted by molar-refractivity contribution is 7.99. The van der Waals surface area contributed by atoms with Gasteiger partial charge in [-0.25, -0.2) is 21.6 Å². The van der Waals surface area contributed by atoms with E-state index in [-0.39, 0.29) is 23.6 Å². The average molecular weight is 1000 g/mol. The first-order chi connectivity index (χ1) is 31.8. The molecule has 2 aliphatic heterocycles. The lowest BCUT2D eigenvalue weighted by Crippen LogP contribution is -2.55. The van der Waals surface area contributed by atoms with Crippen molar-refractivity contribution in [1.82, 2.24) is 19.8 Å². The maximum atomic E-state index is 14.2. The summed E-state index contributed by atoms with van der Waals surface area (Å²) >= 11 is 7.65. The summed E-state index contributed by atoms with van der Waals surface area (Å²) in [5.41, 5.74) is -1.47. The van der Waals surface area contributed by atoms with Crippen molar-refractivity contribution in [1.29, 1.82) is 0 Å². The van der Waals surface area contributed by atoms with E-state index < -0.39 is 52.8 Å². The smallest absolute Gasteiger partial charge is 0.394 e. The second-order valence-corrected chi connectivity index (χ2v) is 23.3. The van der Waals surface area contributed by atoms with Crippen molar-refractivity contribution in [2.75, 3.05) is 81.5 Å². The number of thioether (sulfide) groups is 1. The van der Waals surface area contributed by atoms with Gasteiger partial charge in [0.05, 0.1) is 23.2 Å². The normalized spacial score (nSPS) is 19.3. The Labute approximate surface area is 401 Å². The molecule has 0 spiro atoms. The van der Waals surface area contributed by atoms with E-state index in [4.69, 9.17) is 11.6 Å². The number of hydrogen-bond donors (Lipinski definition) is 4. The summed E-state index contributed by atoms with van der Waals surface area (Å²) in [5.74, 6) is -0.694. The van der Waals surface area contributed by atoms with Gasteiger partial charge in [-0.05, 0) is 109 Å². The van der Waals surface area contributed by atoms with Crippen LogP contribution in [-0.2, 0) is 19.9 Å². The van der Waals surface area contributed by atoms with Gasteiger partial charge in [0, 0.05) is 91.9 Å². The highest BCUT2D eigenvalue weighted by Gasteiger charge is 2.48. The molecule has 0 radical (unpaired) electrons. The summed E-state index contributed by atoms with van der Waals surface area (Å²) in [4.78, 5) is 18.8. The van der Waals surface area contributed by atoms with Crippen LogP contribution in [0, 0.1) is 5.41 Å². The zero-order valence-electron chi connectivity index (χ0n) is 37.6. The van der Waals surface area contributed by atoms with Gasteiger partial charge in [0.2, 0.25) is 0 Å². The third-order valence-electron chi connectivity index (χ3n) is 12.7. The van der Waals surface area contributed by atoms with Crippen molar-refractivity contribution in [3.8, 4) is 0 Å². The average Bonchev–Trinajstić information content (AvgIpc) is 3.30. The fourth-order valence-electron chi connectivity index (χ4n) is 8.98. The van der Waals surface area contributed by atoms with E-state index in [1.165, 1.54) is 40.6 Å². The topological polar surface area (TPSA) is 151 Å². The van der Waals surface area contributed by atoms with Gasteiger partial charge in [-0.1, -0.05) is 61.4 Å². The van der Waals surface area contributed by atoms with Crippen LogP contribution in [0.2, 0.25) is 5.02 Å².